The van der Waals surface area contributed by atoms with E-state index in [0.717, 1.165) is 113 Å². The van der Waals surface area contributed by atoms with Gasteiger partial charge in [-0.05, 0) is 116 Å². The fraction of sp³-hybridized carbons (Fsp3) is 0.429. The topological polar surface area (TPSA) is 110 Å². The molecular formula is C63H80F12N4O10P2. The maximum atomic E-state index is 9.87. The molecule has 10 bridgehead atoms. The number of halogens is 12. The van der Waals surface area contributed by atoms with Crippen molar-refractivity contribution in [2.45, 2.75) is 101 Å². The molecule has 0 radical (unpaired) electrons. The van der Waals surface area contributed by atoms with Gasteiger partial charge in [0.25, 0.3) is 0 Å². The van der Waals surface area contributed by atoms with Crippen LogP contribution in [0.4, 0.5) is 50.4 Å². The van der Waals surface area contributed by atoms with Gasteiger partial charge in [-0.3, -0.25) is 0 Å². The summed E-state index contributed by atoms with van der Waals surface area (Å²) in [7, 11) is -17.3. The van der Waals surface area contributed by atoms with Crippen molar-refractivity contribution < 1.29 is 107 Å². The van der Waals surface area contributed by atoms with Gasteiger partial charge in [0, 0.05) is 87.7 Å². The van der Waals surface area contributed by atoms with Crippen LogP contribution in [0.2, 0.25) is 0 Å². The second-order valence-electron chi connectivity index (χ2n) is 20.9. The van der Waals surface area contributed by atoms with Gasteiger partial charge in [-0.25, -0.2) is 18.3 Å². The van der Waals surface area contributed by atoms with Gasteiger partial charge in [-0.2, -0.15) is 0 Å². The normalized spacial score (nSPS) is 13.8. The summed E-state index contributed by atoms with van der Waals surface area (Å²) in [6.45, 7) is 22.1. The summed E-state index contributed by atoms with van der Waals surface area (Å²) in [5, 5.41) is 0. The van der Waals surface area contributed by atoms with Crippen molar-refractivity contribution in [3.63, 3.8) is 0 Å². The van der Waals surface area contributed by atoms with E-state index in [-0.39, 0.29) is 0 Å². The first-order valence-corrected chi connectivity index (χ1v) is 33.7. The van der Waals surface area contributed by atoms with Crippen molar-refractivity contribution in [1.82, 2.24) is 9.13 Å². The average molecular weight is 1340 g/mol. The summed E-state index contributed by atoms with van der Waals surface area (Å²) in [4.78, 5) is 0. The molecule has 7 aromatic rings. The third-order valence-corrected chi connectivity index (χ3v) is 13.4. The number of nitrogens with zero attached hydrogens (tertiary/aromatic N) is 4. The molecule has 0 amide bonds. The summed E-state index contributed by atoms with van der Waals surface area (Å²) in [5.41, 5.74) is 9.62. The number of aromatic nitrogens is 4. The van der Waals surface area contributed by atoms with E-state index >= 15 is 0 Å². The SMILES string of the molecule is CCOc1cc2c(OCC)cc1Cc1cc(OCC)c(cc1OCC)Cc1cc(OCC)c(cc1OCC)Cc1cc(OCCn3cc[n+](C)c3)c(cc1OCCn1cc[n+](C)c1)Cc1cc(OCC)c(cc1OCC)C2.F[P-](F)(F)(F)(F)F.F[P-](F)(F)(F)(F)F. The first-order valence-electron chi connectivity index (χ1n) is 29.7. The first-order chi connectivity index (χ1) is 42.5. The number of hydrogen-bond acceptors (Lipinski definition) is 10. The number of aryl methyl sites for hydroxylation is 2. The summed E-state index contributed by atoms with van der Waals surface area (Å²) in [6.07, 6.45) is 14.7. The van der Waals surface area contributed by atoms with Crippen LogP contribution in [0.25, 0.3) is 0 Å². The Balaban J connectivity index is 0.000000842. The van der Waals surface area contributed by atoms with E-state index in [1.54, 1.807) is 0 Å². The predicted octanol–water partition coefficient (Wildman–Crippen LogP) is 17.3. The fourth-order valence-electron chi connectivity index (χ4n) is 10.0. The molecule has 91 heavy (non-hydrogen) atoms. The van der Waals surface area contributed by atoms with Gasteiger partial charge in [0.1, 0.15) is 109 Å². The Kier molecular flexibility index (Phi) is 23.1. The van der Waals surface area contributed by atoms with E-state index in [0.29, 0.717) is 111 Å². The van der Waals surface area contributed by atoms with Gasteiger partial charge in [0.15, 0.2) is 0 Å². The summed E-state index contributed by atoms with van der Waals surface area (Å²) in [6, 6.07) is 21.3. The van der Waals surface area contributed by atoms with E-state index in [2.05, 4.69) is 94.8 Å². The average Bonchev–Trinajstić information content (AvgIpc) is 1.11. The maximum absolute atomic E-state index is 10.7. The third-order valence-electron chi connectivity index (χ3n) is 13.4. The molecule has 506 valence electrons. The molecule has 2 aromatic heterocycles. The molecule has 0 atom stereocenters. The molecule has 0 saturated heterocycles. The Morgan fingerprint density at radius 1 is 0.297 bits per heavy atom. The zero-order chi connectivity index (χ0) is 67.1. The quantitative estimate of drug-likeness (QED) is 0.0329. The van der Waals surface area contributed by atoms with Gasteiger partial charge in [0.2, 0.25) is 12.7 Å². The summed E-state index contributed by atoms with van der Waals surface area (Å²) >= 11 is 0. The van der Waals surface area contributed by atoms with Crippen molar-refractivity contribution in [1.29, 1.82) is 0 Å². The number of imidazole rings is 2. The van der Waals surface area contributed by atoms with Crippen LogP contribution in [-0.4, -0.2) is 75.2 Å². The van der Waals surface area contributed by atoms with Crippen LogP contribution in [0.3, 0.4) is 0 Å². The molecule has 10 aliphatic carbocycles. The molecule has 28 heteroatoms. The Morgan fingerprint density at radius 3 is 0.582 bits per heavy atom. The fourth-order valence-corrected chi connectivity index (χ4v) is 10.0. The van der Waals surface area contributed by atoms with Crippen LogP contribution in [-0.2, 0) is 59.3 Å². The van der Waals surface area contributed by atoms with E-state index < -0.39 is 15.6 Å². The van der Waals surface area contributed by atoms with Crippen molar-refractivity contribution >= 4 is 15.6 Å². The van der Waals surface area contributed by atoms with Gasteiger partial charge < -0.3 is 47.4 Å². The molecule has 0 fully saturated rings. The minimum atomic E-state index is -10.7. The zero-order valence-electron chi connectivity index (χ0n) is 52.6. The van der Waals surface area contributed by atoms with Gasteiger partial charge in [-0.1, -0.05) is 0 Å². The number of benzene rings is 5. The Bertz CT molecular complexity index is 3340. The molecule has 0 spiro atoms. The molecule has 10 aliphatic rings. The molecule has 0 aliphatic heterocycles. The predicted molar refractivity (Wildman–Crippen MR) is 325 cm³/mol. The Labute approximate surface area is 521 Å². The van der Waals surface area contributed by atoms with E-state index in [1.165, 1.54) is 0 Å². The van der Waals surface area contributed by atoms with Gasteiger partial charge in [0.05, 0.1) is 67.0 Å². The van der Waals surface area contributed by atoms with Crippen LogP contribution in [0.15, 0.2) is 98.1 Å². The first kappa shape index (κ1) is 72.6. The number of hydrogen-bond donors (Lipinski definition) is 0. The molecule has 0 saturated carbocycles. The van der Waals surface area contributed by atoms with Gasteiger partial charge in [-0.15, -0.1) is 0 Å². The second-order valence-corrected chi connectivity index (χ2v) is 24.8. The van der Waals surface area contributed by atoms with Crippen LogP contribution in [0, 0.1) is 0 Å². The monoisotopic (exact) mass is 1340 g/mol. The summed E-state index contributed by atoms with van der Waals surface area (Å²) < 4.78 is 193. The van der Waals surface area contributed by atoms with Crippen LogP contribution in [0.1, 0.15) is 111 Å². The van der Waals surface area contributed by atoms with E-state index in [4.69, 9.17) is 47.4 Å². The minimum absolute atomic E-state index is 0.432. The van der Waals surface area contributed by atoms with E-state index in [9.17, 15) is 50.4 Å². The van der Waals surface area contributed by atoms with Crippen LogP contribution in [0.5, 0.6) is 57.5 Å². The summed E-state index contributed by atoms with van der Waals surface area (Å²) in [5.74, 6) is 7.62. The Hall–Kier alpha value is -7.46. The molecule has 2 heterocycles. The van der Waals surface area contributed by atoms with Gasteiger partial charge >= 0.3 is 66.0 Å². The van der Waals surface area contributed by atoms with Crippen molar-refractivity contribution in [3.8, 4) is 57.5 Å². The second kappa shape index (κ2) is 29.0. The standard InChI is InChI=1S/C63H80N4O10.2F6P/c1-11-68-54-34-46-28-48-36-60(74-17-7)50(38-58(48)72-15-5)30-52-40-63(77-26-24-67-22-20-65(10)43-67)53(41-62(52)76-25-23-66-21-19-64(9)42-66)31-51-39-59(73-16-6)49(37-61(51)75-18-8)29-47-35-55(69-12-2)45(33-57(47)71-14-4)27-44(54)32-56(46)70-13-3;2*1-7(2,3,4,5)6/h19-22,32-43H,11-18,23-31H2,1-10H3;;/q+2;2*-1. The van der Waals surface area contributed by atoms with Crippen molar-refractivity contribution in [3.05, 3.63) is 154 Å². The van der Waals surface area contributed by atoms with Crippen molar-refractivity contribution in [2.75, 3.05) is 66.1 Å². The van der Waals surface area contributed by atoms with Crippen LogP contribution < -0.4 is 56.5 Å². The zero-order valence-corrected chi connectivity index (χ0v) is 54.3. The third kappa shape index (κ3) is 24.9. The molecular weight excluding hydrogens is 1260 g/mol. The molecule has 0 unspecified atom stereocenters. The van der Waals surface area contributed by atoms with Crippen molar-refractivity contribution in [2.24, 2.45) is 14.1 Å². The van der Waals surface area contributed by atoms with E-state index in [1.807, 2.05) is 91.0 Å². The molecule has 17 rings (SSSR count). The Morgan fingerprint density at radius 2 is 0.451 bits per heavy atom. The number of rotatable bonds is 24. The molecule has 14 nitrogen and oxygen atoms in total. The van der Waals surface area contributed by atoms with Crippen LogP contribution >= 0.6 is 15.6 Å². The number of ether oxygens (including phenoxy) is 10. The molecule has 0 N–H and O–H groups in total. The molecule has 5 aromatic carbocycles.